The molecular formula is C23H24N2O. The maximum atomic E-state index is 11.4. The molecule has 0 N–H and O–H groups in total. The molecule has 0 bridgehead atoms. The zero-order valence-electron chi connectivity index (χ0n) is 15.8. The van der Waals surface area contributed by atoms with Crippen molar-refractivity contribution in [2.24, 2.45) is 4.99 Å². The van der Waals surface area contributed by atoms with Gasteiger partial charge in [0.1, 0.15) is 0 Å². The van der Waals surface area contributed by atoms with Crippen LogP contribution in [0, 0.1) is 13.8 Å². The molecule has 0 amide bonds. The van der Waals surface area contributed by atoms with E-state index in [1.165, 1.54) is 22.6 Å². The van der Waals surface area contributed by atoms with Crippen LogP contribution >= 0.6 is 0 Å². The van der Waals surface area contributed by atoms with Gasteiger partial charge in [0.2, 0.25) is 0 Å². The molecule has 0 atom stereocenters. The second-order valence-electron chi connectivity index (χ2n) is 6.51. The fourth-order valence-corrected chi connectivity index (χ4v) is 3.24. The van der Waals surface area contributed by atoms with E-state index in [0.29, 0.717) is 5.56 Å². The standard InChI is InChI=1S/C23H24N2O/c1-5-19-8-6-7-9-23(19)25-16(2)14-21(17(25)3)15-24-22-12-10-20(11-13-22)18(4)26/h6-15H,5H2,1-4H3. The number of Topliss-reactive ketones (excluding diaryl/α,β-unsaturated/α-hetero) is 1. The van der Waals surface area contributed by atoms with E-state index in [9.17, 15) is 4.79 Å². The summed E-state index contributed by atoms with van der Waals surface area (Å²) in [5.74, 6) is 0.0682. The fraction of sp³-hybridized carbons (Fsp3) is 0.217. The van der Waals surface area contributed by atoms with Crippen molar-refractivity contribution in [1.82, 2.24) is 4.57 Å². The van der Waals surface area contributed by atoms with E-state index in [-0.39, 0.29) is 5.78 Å². The van der Waals surface area contributed by atoms with Crippen LogP contribution in [0.4, 0.5) is 5.69 Å². The molecule has 3 aromatic rings. The highest BCUT2D eigenvalue weighted by atomic mass is 16.1. The molecule has 0 unspecified atom stereocenters. The molecule has 26 heavy (non-hydrogen) atoms. The maximum Gasteiger partial charge on any atom is 0.159 e. The Morgan fingerprint density at radius 1 is 1.08 bits per heavy atom. The Balaban J connectivity index is 1.94. The second-order valence-corrected chi connectivity index (χ2v) is 6.51. The van der Waals surface area contributed by atoms with Gasteiger partial charge >= 0.3 is 0 Å². The summed E-state index contributed by atoms with van der Waals surface area (Å²) in [6.07, 6.45) is 2.90. The minimum Gasteiger partial charge on any atom is -0.318 e. The molecular weight excluding hydrogens is 320 g/mol. The largest absolute Gasteiger partial charge is 0.318 e. The number of hydrogen-bond acceptors (Lipinski definition) is 2. The van der Waals surface area contributed by atoms with E-state index < -0.39 is 0 Å². The Labute approximate surface area is 155 Å². The lowest BCUT2D eigenvalue weighted by atomic mass is 10.1. The van der Waals surface area contributed by atoms with Gasteiger partial charge in [0.15, 0.2) is 5.78 Å². The molecule has 0 radical (unpaired) electrons. The molecule has 3 rings (SSSR count). The third kappa shape index (κ3) is 3.52. The highest BCUT2D eigenvalue weighted by Crippen LogP contribution is 2.24. The molecule has 0 aliphatic rings. The lowest BCUT2D eigenvalue weighted by Crippen LogP contribution is -2.03. The van der Waals surface area contributed by atoms with E-state index >= 15 is 0 Å². The summed E-state index contributed by atoms with van der Waals surface area (Å²) in [6, 6.07) is 18.1. The summed E-state index contributed by atoms with van der Waals surface area (Å²) in [5.41, 5.74) is 7.58. The van der Waals surface area contributed by atoms with E-state index in [1.54, 1.807) is 6.92 Å². The van der Waals surface area contributed by atoms with Crippen molar-refractivity contribution in [3.63, 3.8) is 0 Å². The fourth-order valence-electron chi connectivity index (χ4n) is 3.24. The predicted octanol–water partition coefficient (Wildman–Crippen LogP) is 5.61. The van der Waals surface area contributed by atoms with Gasteiger partial charge in [0.05, 0.1) is 5.69 Å². The minimum atomic E-state index is 0.0682. The maximum absolute atomic E-state index is 11.4. The van der Waals surface area contributed by atoms with Gasteiger partial charge in [-0.25, -0.2) is 0 Å². The molecule has 3 nitrogen and oxygen atoms in total. The van der Waals surface area contributed by atoms with Crippen LogP contribution in [0.5, 0.6) is 0 Å². The normalized spacial score (nSPS) is 11.2. The monoisotopic (exact) mass is 344 g/mol. The quantitative estimate of drug-likeness (QED) is 0.437. The minimum absolute atomic E-state index is 0.0682. The first-order chi connectivity index (χ1) is 12.5. The molecule has 0 fully saturated rings. The Bertz CT molecular complexity index is 962. The van der Waals surface area contributed by atoms with E-state index in [4.69, 9.17) is 0 Å². The number of benzene rings is 2. The molecule has 0 spiro atoms. The van der Waals surface area contributed by atoms with Crippen molar-refractivity contribution in [3.05, 3.63) is 82.7 Å². The topological polar surface area (TPSA) is 34.4 Å². The van der Waals surface area contributed by atoms with Gasteiger partial charge in [0, 0.05) is 34.4 Å². The number of ketones is 1. The van der Waals surface area contributed by atoms with Crippen LogP contribution in [0.15, 0.2) is 59.6 Å². The number of aryl methyl sites for hydroxylation is 2. The van der Waals surface area contributed by atoms with Crippen molar-refractivity contribution in [1.29, 1.82) is 0 Å². The molecule has 2 aromatic carbocycles. The van der Waals surface area contributed by atoms with Crippen molar-refractivity contribution in [2.75, 3.05) is 0 Å². The lowest BCUT2D eigenvalue weighted by Gasteiger charge is -2.13. The number of rotatable bonds is 5. The zero-order chi connectivity index (χ0) is 18.7. The van der Waals surface area contributed by atoms with Crippen molar-refractivity contribution < 1.29 is 4.79 Å². The third-order valence-corrected chi connectivity index (χ3v) is 4.71. The van der Waals surface area contributed by atoms with Crippen LogP contribution < -0.4 is 0 Å². The summed E-state index contributed by atoms with van der Waals surface area (Å²) >= 11 is 0. The van der Waals surface area contributed by atoms with Crippen LogP contribution in [0.1, 0.15) is 46.7 Å². The summed E-state index contributed by atoms with van der Waals surface area (Å²) in [5, 5.41) is 0. The Morgan fingerprint density at radius 3 is 2.42 bits per heavy atom. The van der Waals surface area contributed by atoms with Crippen molar-refractivity contribution >= 4 is 17.7 Å². The smallest absolute Gasteiger partial charge is 0.159 e. The molecule has 0 aliphatic carbocycles. The van der Waals surface area contributed by atoms with Crippen molar-refractivity contribution in [3.8, 4) is 5.69 Å². The van der Waals surface area contributed by atoms with Gasteiger partial charge in [-0.3, -0.25) is 9.79 Å². The van der Waals surface area contributed by atoms with E-state index in [1.807, 2.05) is 30.5 Å². The summed E-state index contributed by atoms with van der Waals surface area (Å²) in [7, 11) is 0. The molecule has 1 heterocycles. The average molecular weight is 344 g/mol. The summed E-state index contributed by atoms with van der Waals surface area (Å²) in [4.78, 5) is 15.9. The molecule has 1 aromatic heterocycles. The number of hydrogen-bond donors (Lipinski definition) is 0. The van der Waals surface area contributed by atoms with Gasteiger partial charge in [-0.1, -0.05) is 25.1 Å². The Kier molecular flexibility index (Phi) is 5.17. The van der Waals surface area contributed by atoms with Crippen LogP contribution in [-0.4, -0.2) is 16.6 Å². The summed E-state index contributed by atoms with van der Waals surface area (Å²) < 4.78 is 2.29. The van der Waals surface area contributed by atoms with Gasteiger partial charge in [0.25, 0.3) is 0 Å². The predicted molar refractivity (Wildman–Crippen MR) is 108 cm³/mol. The van der Waals surface area contributed by atoms with Gasteiger partial charge in [-0.15, -0.1) is 0 Å². The first-order valence-electron chi connectivity index (χ1n) is 8.93. The molecule has 0 saturated heterocycles. The van der Waals surface area contributed by atoms with Crippen LogP contribution in [0.3, 0.4) is 0 Å². The SMILES string of the molecule is CCc1ccccc1-n1c(C)cc(C=Nc2ccc(C(C)=O)cc2)c1C. The van der Waals surface area contributed by atoms with Gasteiger partial charge in [-0.2, -0.15) is 0 Å². The first kappa shape index (κ1) is 17.9. The number of carbonyl (C=O) groups is 1. The number of aromatic nitrogens is 1. The van der Waals surface area contributed by atoms with Crippen LogP contribution in [0.25, 0.3) is 5.69 Å². The van der Waals surface area contributed by atoms with E-state index in [2.05, 4.69) is 60.7 Å². The van der Waals surface area contributed by atoms with Gasteiger partial charge < -0.3 is 4.57 Å². The highest BCUT2D eigenvalue weighted by Gasteiger charge is 2.11. The second kappa shape index (κ2) is 7.52. The van der Waals surface area contributed by atoms with E-state index in [0.717, 1.165) is 17.7 Å². The van der Waals surface area contributed by atoms with Gasteiger partial charge in [-0.05, 0) is 69.2 Å². The average Bonchev–Trinajstić information content (AvgIpc) is 2.93. The number of para-hydroxylation sites is 1. The Hall–Kier alpha value is -2.94. The zero-order valence-corrected chi connectivity index (χ0v) is 15.8. The Morgan fingerprint density at radius 2 is 1.77 bits per heavy atom. The summed E-state index contributed by atoms with van der Waals surface area (Å²) in [6.45, 7) is 8.00. The third-order valence-electron chi connectivity index (χ3n) is 4.71. The molecule has 0 saturated carbocycles. The molecule has 0 aliphatic heterocycles. The highest BCUT2D eigenvalue weighted by molar-refractivity contribution is 5.94. The number of aliphatic imine (C=N–C) groups is 1. The molecule has 3 heteroatoms. The molecule has 132 valence electrons. The number of carbonyl (C=O) groups excluding carboxylic acids is 1. The van der Waals surface area contributed by atoms with Crippen LogP contribution in [-0.2, 0) is 6.42 Å². The lowest BCUT2D eigenvalue weighted by molar-refractivity contribution is 0.101. The van der Waals surface area contributed by atoms with Crippen molar-refractivity contribution in [2.45, 2.75) is 34.1 Å². The first-order valence-corrected chi connectivity index (χ1v) is 8.93. The number of nitrogens with zero attached hydrogens (tertiary/aromatic N) is 2. The van der Waals surface area contributed by atoms with Crippen LogP contribution in [0.2, 0.25) is 0 Å².